The van der Waals surface area contributed by atoms with E-state index >= 15 is 0 Å². The smallest absolute Gasteiger partial charge is 0.125 e. The molecule has 2 unspecified atom stereocenters. The van der Waals surface area contributed by atoms with Crippen molar-refractivity contribution in [3.8, 4) is 5.75 Å². The Hall–Kier alpha value is -1.02. The Kier molecular flexibility index (Phi) is 2.44. The minimum atomic E-state index is -0.357. The quantitative estimate of drug-likeness (QED) is 0.743. The SMILES string of the molecule is Cc1ccc2c(c1)[C@H](O)CC1(CCC(C)C1)O2. The number of aryl methyl sites for hydroxylation is 1. The van der Waals surface area contributed by atoms with Gasteiger partial charge in [-0.15, -0.1) is 0 Å². The fourth-order valence-electron chi connectivity index (χ4n) is 3.39. The molecule has 0 radical (unpaired) electrons. The summed E-state index contributed by atoms with van der Waals surface area (Å²) in [4.78, 5) is 0. The fourth-order valence-corrected chi connectivity index (χ4v) is 3.39. The minimum absolute atomic E-state index is 0.0961. The number of fused-ring (bicyclic) bond motifs is 1. The highest BCUT2D eigenvalue weighted by Crippen LogP contribution is 2.48. The fraction of sp³-hybridized carbons (Fsp3) is 0.600. The third kappa shape index (κ3) is 1.85. The molecule has 3 atom stereocenters. The van der Waals surface area contributed by atoms with Crippen LogP contribution in [0.3, 0.4) is 0 Å². The van der Waals surface area contributed by atoms with E-state index in [1.54, 1.807) is 0 Å². The maximum absolute atomic E-state index is 10.3. The van der Waals surface area contributed by atoms with Gasteiger partial charge < -0.3 is 9.84 Å². The van der Waals surface area contributed by atoms with Gasteiger partial charge in [0, 0.05) is 12.0 Å². The van der Waals surface area contributed by atoms with Gasteiger partial charge in [0.1, 0.15) is 11.4 Å². The van der Waals surface area contributed by atoms with Crippen LogP contribution in [-0.4, -0.2) is 10.7 Å². The van der Waals surface area contributed by atoms with Crippen LogP contribution >= 0.6 is 0 Å². The highest BCUT2D eigenvalue weighted by atomic mass is 16.5. The summed E-state index contributed by atoms with van der Waals surface area (Å²) in [6.45, 7) is 4.32. The van der Waals surface area contributed by atoms with Gasteiger partial charge in [-0.3, -0.25) is 0 Å². The number of ether oxygens (including phenoxy) is 1. The lowest BCUT2D eigenvalue weighted by molar-refractivity contribution is -0.0116. The normalized spacial score (nSPS) is 35.7. The van der Waals surface area contributed by atoms with Crippen LogP contribution < -0.4 is 4.74 Å². The summed E-state index contributed by atoms with van der Waals surface area (Å²) in [5, 5.41) is 10.3. The van der Waals surface area contributed by atoms with Crippen LogP contribution in [0.25, 0.3) is 0 Å². The first-order valence-electron chi connectivity index (χ1n) is 6.56. The molecule has 2 aliphatic rings. The predicted molar refractivity (Wildman–Crippen MR) is 67.1 cm³/mol. The van der Waals surface area contributed by atoms with E-state index in [0.717, 1.165) is 30.6 Å². The molecule has 92 valence electrons. The first-order chi connectivity index (χ1) is 8.08. The molecule has 1 spiro atoms. The number of aliphatic hydroxyl groups is 1. The molecule has 3 rings (SSSR count). The van der Waals surface area contributed by atoms with Crippen molar-refractivity contribution < 1.29 is 9.84 Å². The minimum Gasteiger partial charge on any atom is -0.487 e. The van der Waals surface area contributed by atoms with Crippen LogP contribution in [0.15, 0.2) is 18.2 Å². The molecular formula is C15H20O2. The van der Waals surface area contributed by atoms with E-state index in [1.807, 2.05) is 12.1 Å². The van der Waals surface area contributed by atoms with Crippen LogP contribution in [0.1, 0.15) is 49.8 Å². The Balaban J connectivity index is 1.96. The molecule has 2 nitrogen and oxygen atoms in total. The van der Waals surface area contributed by atoms with Gasteiger partial charge in [-0.2, -0.15) is 0 Å². The Morgan fingerprint density at radius 3 is 2.88 bits per heavy atom. The van der Waals surface area contributed by atoms with Crippen LogP contribution in [0, 0.1) is 12.8 Å². The van der Waals surface area contributed by atoms with Gasteiger partial charge in [-0.1, -0.05) is 18.6 Å². The maximum atomic E-state index is 10.3. The van der Waals surface area contributed by atoms with E-state index in [0.29, 0.717) is 5.92 Å². The molecule has 0 bridgehead atoms. The molecule has 1 aromatic rings. The summed E-state index contributed by atoms with van der Waals surface area (Å²) in [5.74, 6) is 1.61. The zero-order chi connectivity index (χ0) is 12.0. The third-order valence-corrected chi connectivity index (χ3v) is 4.23. The number of benzene rings is 1. The predicted octanol–water partition coefficient (Wildman–Crippen LogP) is 3.37. The van der Waals surface area contributed by atoms with E-state index in [9.17, 15) is 5.11 Å². The van der Waals surface area contributed by atoms with Crippen molar-refractivity contribution in [1.82, 2.24) is 0 Å². The summed E-state index contributed by atoms with van der Waals surface area (Å²) < 4.78 is 6.22. The highest BCUT2D eigenvalue weighted by molar-refractivity contribution is 5.41. The van der Waals surface area contributed by atoms with Crippen LogP contribution in [0.2, 0.25) is 0 Å². The molecule has 2 heteroatoms. The number of hydrogen-bond acceptors (Lipinski definition) is 2. The van der Waals surface area contributed by atoms with Crippen molar-refractivity contribution in [1.29, 1.82) is 0 Å². The number of hydrogen-bond donors (Lipinski definition) is 1. The Bertz CT molecular complexity index is 441. The van der Waals surface area contributed by atoms with E-state index in [2.05, 4.69) is 19.9 Å². The van der Waals surface area contributed by atoms with Gasteiger partial charge in [-0.05, 0) is 44.2 Å². The second-order valence-electron chi connectivity index (χ2n) is 5.89. The van der Waals surface area contributed by atoms with Crippen molar-refractivity contribution in [2.45, 2.75) is 51.2 Å². The average Bonchev–Trinajstić information content (AvgIpc) is 2.61. The summed E-state index contributed by atoms with van der Waals surface area (Å²) >= 11 is 0. The summed E-state index contributed by atoms with van der Waals surface area (Å²) in [7, 11) is 0. The zero-order valence-electron chi connectivity index (χ0n) is 10.6. The zero-order valence-corrected chi connectivity index (χ0v) is 10.6. The van der Waals surface area contributed by atoms with Gasteiger partial charge in [0.15, 0.2) is 0 Å². The topological polar surface area (TPSA) is 29.5 Å². The molecule has 0 aromatic heterocycles. The van der Waals surface area contributed by atoms with E-state index in [1.165, 1.54) is 12.0 Å². The van der Waals surface area contributed by atoms with Crippen LogP contribution in [-0.2, 0) is 0 Å². The van der Waals surface area contributed by atoms with Crippen molar-refractivity contribution in [3.05, 3.63) is 29.3 Å². The monoisotopic (exact) mass is 232 g/mol. The molecule has 1 saturated carbocycles. The molecule has 1 N–H and O–H groups in total. The van der Waals surface area contributed by atoms with Crippen molar-refractivity contribution >= 4 is 0 Å². The van der Waals surface area contributed by atoms with Gasteiger partial charge in [0.2, 0.25) is 0 Å². The van der Waals surface area contributed by atoms with E-state index in [4.69, 9.17) is 4.74 Å². The molecule has 1 fully saturated rings. The van der Waals surface area contributed by atoms with Crippen molar-refractivity contribution in [2.75, 3.05) is 0 Å². The van der Waals surface area contributed by atoms with E-state index < -0.39 is 0 Å². The summed E-state index contributed by atoms with van der Waals surface area (Å²) in [6.07, 6.45) is 3.78. The number of rotatable bonds is 0. The molecule has 0 saturated heterocycles. The largest absolute Gasteiger partial charge is 0.487 e. The van der Waals surface area contributed by atoms with Gasteiger partial charge in [0.05, 0.1) is 6.10 Å². The average molecular weight is 232 g/mol. The molecule has 17 heavy (non-hydrogen) atoms. The Morgan fingerprint density at radius 1 is 1.35 bits per heavy atom. The van der Waals surface area contributed by atoms with Crippen LogP contribution in [0.5, 0.6) is 5.75 Å². The van der Waals surface area contributed by atoms with Crippen LogP contribution in [0.4, 0.5) is 0 Å². The standard InChI is InChI=1S/C15H20O2/c1-10-3-4-14-12(7-10)13(16)9-15(17-14)6-5-11(2)8-15/h3-4,7,11,13,16H,5-6,8-9H2,1-2H3/t11?,13-,15?/m1/s1. The molecule has 0 amide bonds. The van der Waals surface area contributed by atoms with Gasteiger partial charge in [-0.25, -0.2) is 0 Å². The lowest BCUT2D eigenvalue weighted by Crippen LogP contribution is -2.38. The molecule has 1 aliphatic carbocycles. The Morgan fingerprint density at radius 2 is 2.18 bits per heavy atom. The Labute approximate surface area is 103 Å². The molecule has 1 aromatic carbocycles. The lowest BCUT2D eigenvalue weighted by atomic mass is 9.86. The molecule has 1 heterocycles. The van der Waals surface area contributed by atoms with Gasteiger partial charge >= 0.3 is 0 Å². The first-order valence-corrected chi connectivity index (χ1v) is 6.56. The second-order valence-corrected chi connectivity index (χ2v) is 5.89. The summed E-state index contributed by atoms with van der Waals surface area (Å²) in [6, 6.07) is 6.12. The van der Waals surface area contributed by atoms with Crippen molar-refractivity contribution in [2.24, 2.45) is 5.92 Å². The van der Waals surface area contributed by atoms with Gasteiger partial charge in [0.25, 0.3) is 0 Å². The second kappa shape index (κ2) is 3.74. The molecular weight excluding hydrogens is 212 g/mol. The van der Waals surface area contributed by atoms with E-state index in [-0.39, 0.29) is 11.7 Å². The summed E-state index contributed by atoms with van der Waals surface area (Å²) in [5.41, 5.74) is 2.05. The highest BCUT2D eigenvalue weighted by Gasteiger charge is 2.44. The number of aliphatic hydroxyl groups excluding tert-OH is 1. The first kappa shape index (κ1) is 11.1. The molecule has 1 aliphatic heterocycles. The van der Waals surface area contributed by atoms with Crippen molar-refractivity contribution in [3.63, 3.8) is 0 Å². The lowest BCUT2D eigenvalue weighted by Gasteiger charge is -2.38. The maximum Gasteiger partial charge on any atom is 0.125 e. The third-order valence-electron chi connectivity index (χ3n) is 4.23.